The highest BCUT2D eigenvalue weighted by Crippen LogP contribution is 2.09. The van der Waals surface area contributed by atoms with Crippen LogP contribution in [0.25, 0.3) is 0 Å². The number of pyridine rings is 1. The Morgan fingerprint density at radius 3 is 2.75 bits per heavy atom. The van der Waals surface area contributed by atoms with E-state index in [2.05, 4.69) is 42.2 Å². The lowest BCUT2D eigenvalue weighted by atomic mass is 10.1. The molecule has 0 spiro atoms. The fourth-order valence-electron chi connectivity index (χ4n) is 1.74. The maximum atomic E-state index is 4.14. The quantitative estimate of drug-likeness (QED) is 0.795. The van der Waals surface area contributed by atoms with Crippen LogP contribution in [0.3, 0.4) is 0 Å². The summed E-state index contributed by atoms with van der Waals surface area (Å²) in [5.74, 6) is 0. The molecule has 3 nitrogen and oxygen atoms in total. The third-order valence-electron chi connectivity index (χ3n) is 3.09. The van der Waals surface area contributed by atoms with Gasteiger partial charge in [-0.2, -0.15) is 0 Å². The van der Waals surface area contributed by atoms with Crippen molar-refractivity contribution in [2.45, 2.75) is 38.9 Å². The number of nitrogens with one attached hydrogen (secondary N) is 1. The molecule has 0 radical (unpaired) electrons. The zero-order valence-electron chi connectivity index (χ0n) is 10.8. The Morgan fingerprint density at radius 2 is 2.19 bits per heavy atom. The second kappa shape index (κ2) is 6.61. The van der Waals surface area contributed by atoms with Gasteiger partial charge in [0.05, 0.1) is 0 Å². The van der Waals surface area contributed by atoms with Crippen molar-refractivity contribution in [2.24, 2.45) is 0 Å². The molecule has 1 rings (SSSR count). The van der Waals surface area contributed by atoms with Crippen molar-refractivity contribution < 1.29 is 0 Å². The first-order chi connectivity index (χ1) is 7.63. The molecule has 0 saturated carbocycles. The van der Waals surface area contributed by atoms with Crippen molar-refractivity contribution in [1.29, 1.82) is 0 Å². The van der Waals surface area contributed by atoms with Crippen LogP contribution in [0.4, 0.5) is 0 Å². The Morgan fingerprint density at radius 1 is 1.44 bits per heavy atom. The normalized spacial score (nSPS) is 15.1. The molecule has 0 aliphatic carbocycles. The second-order valence-electron chi connectivity index (χ2n) is 4.55. The largest absolute Gasteiger partial charge is 0.317 e. The van der Waals surface area contributed by atoms with Gasteiger partial charge in [0, 0.05) is 31.0 Å². The molecule has 0 fully saturated rings. The van der Waals surface area contributed by atoms with Crippen molar-refractivity contribution in [3.8, 4) is 0 Å². The van der Waals surface area contributed by atoms with Gasteiger partial charge in [-0.25, -0.2) is 0 Å². The fourth-order valence-corrected chi connectivity index (χ4v) is 1.74. The van der Waals surface area contributed by atoms with E-state index in [9.17, 15) is 0 Å². The van der Waals surface area contributed by atoms with Crippen molar-refractivity contribution in [1.82, 2.24) is 15.2 Å². The number of nitrogens with zero attached hydrogens (tertiary/aromatic N) is 2. The van der Waals surface area contributed by atoms with Crippen molar-refractivity contribution in [3.63, 3.8) is 0 Å². The van der Waals surface area contributed by atoms with Crippen LogP contribution in [0.15, 0.2) is 24.5 Å². The molecule has 1 N–H and O–H groups in total. The summed E-state index contributed by atoms with van der Waals surface area (Å²) in [6, 6.07) is 5.25. The molecule has 1 heterocycles. The molecule has 3 heteroatoms. The van der Waals surface area contributed by atoms with Gasteiger partial charge in [0.2, 0.25) is 0 Å². The summed E-state index contributed by atoms with van der Waals surface area (Å²) in [5, 5.41) is 3.28. The molecule has 0 amide bonds. The number of hydrogen-bond acceptors (Lipinski definition) is 3. The monoisotopic (exact) mass is 221 g/mol. The maximum absolute atomic E-state index is 4.14. The van der Waals surface area contributed by atoms with E-state index in [1.54, 1.807) is 0 Å². The minimum atomic E-state index is 0.561. The van der Waals surface area contributed by atoms with Crippen LogP contribution in [0, 0.1) is 0 Å². The zero-order chi connectivity index (χ0) is 12.0. The van der Waals surface area contributed by atoms with Crippen LogP contribution in [0.1, 0.15) is 25.8 Å². The van der Waals surface area contributed by atoms with Gasteiger partial charge in [-0.3, -0.25) is 9.88 Å². The Hall–Kier alpha value is -0.930. The SMILES string of the molecule is CNC(C)CC(C)N(C)Cc1cccnc1. The van der Waals surface area contributed by atoms with Crippen molar-refractivity contribution in [2.75, 3.05) is 14.1 Å². The Bertz CT molecular complexity index is 286. The third-order valence-corrected chi connectivity index (χ3v) is 3.09. The zero-order valence-corrected chi connectivity index (χ0v) is 10.8. The molecule has 1 aromatic rings. The predicted molar refractivity (Wildman–Crippen MR) is 68.3 cm³/mol. The van der Waals surface area contributed by atoms with E-state index in [1.807, 2.05) is 25.5 Å². The summed E-state index contributed by atoms with van der Waals surface area (Å²) >= 11 is 0. The molecule has 16 heavy (non-hydrogen) atoms. The third kappa shape index (κ3) is 4.29. The summed E-state index contributed by atoms with van der Waals surface area (Å²) in [5.41, 5.74) is 1.27. The van der Waals surface area contributed by atoms with E-state index in [0.717, 1.165) is 13.0 Å². The fraction of sp³-hybridized carbons (Fsp3) is 0.615. The van der Waals surface area contributed by atoms with E-state index in [-0.39, 0.29) is 0 Å². The first kappa shape index (κ1) is 13.1. The summed E-state index contributed by atoms with van der Waals surface area (Å²) in [4.78, 5) is 6.50. The first-order valence-corrected chi connectivity index (χ1v) is 5.90. The van der Waals surface area contributed by atoms with Gasteiger partial charge in [-0.05, 0) is 46.0 Å². The van der Waals surface area contributed by atoms with E-state index < -0.39 is 0 Å². The van der Waals surface area contributed by atoms with Crippen LogP contribution >= 0.6 is 0 Å². The van der Waals surface area contributed by atoms with Crippen LogP contribution in [-0.2, 0) is 6.54 Å². The lowest BCUT2D eigenvalue weighted by Gasteiger charge is -2.27. The first-order valence-electron chi connectivity index (χ1n) is 5.90. The summed E-state index contributed by atoms with van der Waals surface area (Å²) in [6.07, 6.45) is 4.91. The molecule has 1 aromatic heterocycles. The maximum Gasteiger partial charge on any atom is 0.0312 e. The minimum absolute atomic E-state index is 0.561. The highest BCUT2D eigenvalue weighted by molar-refractivity contribution is 5.08. The van der Waals surface area contributed by atoms with Gasteiger partial charge < -0.3 is 5.32 Å². The molecular formula is C13H23N3. The average molecular weight is 221 g/mol. The van der Waals surface area contributed by atoms with E-state index in [4.69, 9.17) is 0 Å². The Labute approximate surface area is 98.9 Å². The smallest absolute Gasteiger partial charge is 0.0312 e. The van der Waals surface area contributed by atoms with Gasteiger partial charge in [0.1, 0.15) is 0 Å². The molecular weight excluding hydrogens is 198 g/mol. The standard InChI is InChI=1S/C13H23N3/c1-11(14-3)8-12(2)16(4)10-13-6-5-7-15-9-13/h5-7,9,11-12,14H,8,10H2,1-4H3. The van der Waals surface area contributed by atoms with Crippen molar-refractivity contribution in [3.05, 3.63) is 30.1 Å². The molecule has 0 aromatic carbocycles. The second-order valence-corrected chi connectivity index (χ2v) is 4.55. The van der Waals surface area contributed by atoms with Gasteiger partial charge >= 0.3 is 0 Å². The molecule has 90 valence electrons. The van der Waals surface area contributed by atoms with Gasteiger partial charge in [0.25, 0.3) is 0 Å². The van der Waals surface area contributed by atoms with Crippen LogP contribution in [0.5, 0.6) is 0 Å². The van der Waals surface area contributed by atoms with Crippen LogP contribution in [0.2, 0.25) is 0 Å². The lowest BCUT2D eigenvalue weighted by Crippen LogP contribution is -2.35. The molecule has 2 unspecified atom stereocenters. The topological polar surface area (TPSA) is 28.2 Å². The van der Waals surface area contributed by atoms with Crippen LogP contribution in [-0.4, -0.2) is 36.1 Å². The van der Waals surface area contributed by atoms with Crippen molar-refractivity contribution >= 4 is 0 Å². The van der Waals surface area contributed by atoms with E-state index >= 15 is 0 Å². The van der Waals surface area contributed by atoms with Gasteiger partial charge in [-0.15, -0.1) is 0 Å². The highest BCUT2D eigenvalue weighted by Gasteiger charge is 2.12. The highest BCUT2D eigenvalue weighted by atomic mass is 15.1. The molecule has 2 atom stereocenters. The van der Waals surface area contributed by atoms with Crippen LogP contribution < -0.4 is 5.32 Å². The Balaban J connectivity index is 2.43. The number of rotatable bonds is 6. The van der Waals surface area contributed by atoms with E-state index in [0.29, 0.717) is 12.1 Å². The minimum Gasteiger partial charge on any atom is -0.317 e. The average Bonchev–Trinajstić information content (AvgIpc) is 2.30. The Kier molecular flexibility index (Phi) is 5.43. The van der Waals surface area contributed by atoms with E-state index in [1.165, 1.54) is 5.56 Å². The lowest BCUT2D eigenvalue weighted by molar-refractivity contribution is 0.224. The van der Waals surface area contributed by atoms with Gasteiger partial charge in [0.15, 0.2) is 0 Å². The predicted octanol–water partition coefficient (Wildman–Crippen LogP) is 1.90. The number of hydrogen-bond donors (Lipinski definition) is 1. The molecule has 0 bridgehead atoms. The molecule has 0 saturated heterocycles. The summed E-state index contributed by atoms with van der Waals surface area (Å²) in [6.45, 7) is 5.45. The summed E-state index contributed by atoms with van der Waals surface area (Å²) < 4.78 is 0. The number of aromatic nitrogens is 1. The molecule has 0 aliphatic heterocycles. The summed E-state index contributed by atoms with van der Waals surface area (Å²) in [7, 11) is 4.18. The molecule has 0 aliphatic rings. The van der Waals surface area contributed by atoms with Gasteiger partial charge in [-0.1, -0.05) is 6.07 Å².